The van der Waals surface area contributed by atoms with E-state index in [-0.39, 0.29) is 0 Å². The third kappa shape index (κ3) is 3.01. The monoisotopic (exact) mass is 205 g/mol. The number of nitrogen functional groups attached to an aromatic ring is 1. The maximum Gasteiger partial charge on any atom is 0.0354 e. The lowest BCUT2D eigenvalue weighted by Gasteiger charge is -2.06. The summed E-state index contributed by atoms with van der Waals surface area (Å²) in [5, 5.41) is 0. The highest BCUT2D eigenvalue weighted by Crippen LogP contribution is 2.26. The quantitative estimate of drug-likeness (QED) is 0.355. The van der Waals surface area contributed by atoms with Gasteiger partial charge in [-0.2, -0.15) is 0 Å². The molecule has 0 amide bonds. The number of hydrogen-bond donors (Lipinski definition) is 1. The van der Waals surface area contributed by atoms with Crippen LogP contribution in [0.5, 0.6) is 0 Å². The molecule has 0 atom stereocenters. The molecule has 0 unspecified atom stereocenters. The van der Waals surface area contributed by atoms with E-state index in [1.165, 1.54) is 10.5 Å². The van der Waals surface area contributed by atoms with Crippen LogP contribution < -0.4 is 5.73 Å². The molecule has 14 heavy (non-hydrogen) atoms. The Morgan fingerprint density at radius 3 is 2.93 bits per heavy atom. The molecule has 0 saturated heterocycles. The summed E-state index contributed by atoms with van der Waals surface area (Å²) < 4.78 is 0. The molecule has 0 spiro atoms. The van der Waals surface area contributed by atoms with Gasteiger partial charge < -0.3 is 5.73 Å². The third-order valence-corrected chi connectivity index (χ3v) is 3.15. The SMILES string of the molecule is CC#CCCSc1cccc(N)c1C. The zero-order valence-electron chi connectivity index (χ0n) is 8.63. The van der Waals surface area contributed by atoms with Crippen LogP contribution in [-0.4, -0.2) is 5.75 Å². The first kappa shape index (κ1) is 11.0. The molecule has 0 bridgehead atoms. The van der Waals surface area contributed by atoms with E-state index in [1.54, 1.807) is 0 Å². The summed E-state index contributed by atoms with van der Waals surface area (Å²) in [5.74, 6) is 6.98. The van der Waals surface area contributed by atoms with Crippen LogP contribution in [0.25, 0.3) is 0 Å². The van der Waals surface area contributed by atoms with Crippen molar-refractivity contribution >= 4 is 17.4 Å². The number of thioether (sulfide) groups is 1. The second-order valence-corrected chi connectivity index (χ2v) is 4.13. The fourth-order valence-corrected chi connectivity index (χ4v) is 2.06. The van der Waals surface area contributed by atoms with E-state index in [9.17, 15) is 0 Å². The minimum atomic E-state index is 0.872. The molecule has 1 rings (SSSR count). The second-order valence-electron chi connectivity index (χ2n) is 3.00. The molecular formula is C12H15NS. The lowest BCUT2D eigenvalue weighted by atomic mass is 10.2. The average molecular weight is 205 g/mol. The van der Waals surface area contributed by atoms with E-state index in [0.29, 0.717) is 0 Å². The van der Waals surface area contributed by atoms with E-state index in [1.807, 2.05) is 30.8 Å². The van der Waals surface area contributed by atoms with Gasteiger partial charge in [0.2, 0.25) is 0 Å². The van der Waals surface area contributed by atoms with Crippen LogP contribution in [0.3, 0.4) is 0 Å². The average Bonchev–Trinajstić information content (AvgIpc) is 2.19. The molecule has 0 saturated carbocycles. The Bertz CT molecular complexity index is 360. The van der Waals surface area contributed by atoms with E-state index < -0.39 is 0 Å². The van der Waals surface area contributed by atoms with Crippen molar-refractivity contribution < 1.29 is 0 Å². The number of anilines is 1. The fourth-order valence-electron chi connectivity index (χ4n) is 1.12. The van der Waals surface area contributed by atoms with Gasteiger partial charge in [-0.05, 0) is 31.5 Å². The lowest BCUT2D eigenvalue weighted by Crippen LogP contribution is -1.91. The predicted octanol–water partition coefficient (Wildman–Crippen LogP) is 3.08. The molecule has 0 aliphatic rings. The van der Waals surface area contributed by atoms with Crippen molar-refractivity contribution in [2.45, 2.75) is 25.2 Å². The number of nitrogens with two attached hydrogens (primary N) is 1. The number of rotatable bonds is 3. The van der Waals surface area contributed by atoms with E-state index in [2.05, 4.69) is 24.8 Å². The van der Waals surface area contributed by atoms with Crippen LogP contribution >= 0.6 is 11.8 Å². The largest absolute Gasteiger partial charge is 0.398 e. The van der Waals surface area contributed by atoms with Crippen molar-refractivity contribution in [3.8, 4) is 11.8 Å². The summed E-state index contributed by atoms with van der Waals surface area (Å²) in [4.78, 5) is 1.27. The highest BCUT2D eigenvalue weighted by atomic mass is 32.2. The Hall–Kier alpha value is -1.07. The summed E-state index contributed by atoms with van der Waals surface area (Å²) in [6.07, 6.45) is 0.940. The highest BCUT2D eigenvalue weighted by molar-refractivity contribution is 7.99. The Balaban J connectivity index is 2.57. The van der Waals surface area contributed by atoms with Crippen molar-refractivity contribution in [2.75, 3.05) is 11.5 Å². The number of benzene rings is 1. The Labute approximate surface area is 90.1 Å². The van der Waals surface area contributed by atoms with E-state index in [0.717, 1.165) is 17.9 Å². The van der Waals surface area contributed by atoms with Gasteiger partial charge in [0.1, 0.15) is 0 Å². The molecule has 1 aromatic carbocycles. The smallest absolute Gasteiger partial charge is 0.0354 e. The molecule has 2 heteroatoms. The van der Waals surface area contributed by atoms with Crippen LogP contribution in [-0.2, 0) is 0 Å². The molecule has 1 nitrogen and oxygen atoms in total. The van der Waals surface area contributed by atoms with Gasteiger partial charge in [-0.1, -0.05) is 6.07 Å². The molecule has 0 aromatic heterocycles. The molecule has 74 valence electrons. The number of hydrogen-bond acceptors (Lipinski definition) is 2. The van der Waals surface area contributed by atoms with Gasteiger partial charge in [-0.15, -0.1) is 23.6 Å². The summed E-state index contributed by atoms with van der Waals surface area (Å²) in [6, 6.07) is 6.04. The van der Waals surface area contributed by atoms with Crippen molar-refractivity contribution in [3.63, 3.8) is 0 Å². The van der Waals surface area contributed by atoms with Crippen LogP contribution in [0.4, 0.5) is 5.69 Å². The maximum absolute atomic E-state index is 5.81. The van der Waals surface area contributed by atoms with Gasteiger partial charge in [0.15, 0.2) is 0 Å². The molecule has 0 aliphatic carbocycles. The van der Waals surface area contributed by atoms with Gasteiger partial charge in [-0.3, -0.25) is 0 Å². The van der Waals surface area contributed by atoms with Crippen molar-refractivity contribution in [1.29, 1.82) is 0 Å². The van der Waals surface area contributed by atoms with Crippen LogP contribution in [0.1, 0.15) is 18.9 Å². The minimum absolute atomic E-state index is 0.872. The summed E-state index contributed by atoms with van der Waals surface area (Å²) in [6.45, 7) is 3.93. The maximum atomic E-state index is 5.81. The van der Waals surface area contributed by atoms with Gasteiger partial charge in [-0.25, -0.2) is 0 Å². The Morgan fingerprint density at radius 1 is 1.43 bits per heavy atom. The molecule has 1 aromatic rings. The Morgan fingerprint density at radius 2 is 2.21 bits per heavy atom. The summed E-state index contributed by atoms with van der Waals surface area (Å²) in [5.41, 5.74) is 7.86. The van der Waals surface area contributed by atoms with Crippen molar-refractivity contribution in [3.05, 3.63) is 23.8 Å². The second kappa shape index (κ2) is 5.62. The van der Waals surface area contributed by atoms with Crippen molar-refractivity contribution in [1.82, 2.24) is 0 Å². The van der Waals surface area contributed by atoms with Crippen LogP contribution in [0, 0.1) is 18.8 Å². The van der Waals surface area contributed by atoms with E-state index in [4.69, 9.17) is 5.73 Å². The first-order chi connectivity index (χ1) is 6.75. The van der Waals surface area contributed by atoms with E-state index >= 15 is 0 Å². The lowest BCUT2D eigenvalue weighted by molar-refractivity contribution is 1.26. The zero-order chi connectivity index (χ0) is 10.4. The van der Waals surface area contributed by atoms with Gasteiger partial charge in [0.05, 0.1) is 0 Å². The highest BCUT2D eigenvalue weighted by Gasteiger charge is 2.00. The predicted molar refractivity (Wildman–Crippen MR) is 64.4 cm³/mol. The molecule has 0 fully saturated rings. The van der Waals surface area contributed by atoms with Crippen LogP contribution in [0.2, 0.25) is 0 Å². The Kier molecular flexibility index (Phi) is 4.42. The minimum Gasteiger partial charge on any atom is -0.398 e. The summed E-state index contributed by atoms with van der Waals surface area (Å²) >= 11 is 1.82. The fraction of sp³-hybridized carbons (Fsp3) is 0.333. The normalized spacial score (nSPS) is 9.29. The molecule has 0 radical (unpaired) electrons. The third-order valence-electron chi connectivity index (χ3n) is 1.99. The zero-order valence-corrected chi connectivity index (χ0v) is 9.45. The van der Waals surface area contributed by atoms with Gasteiger partial charge >= 0.3 is 0 Å². The molecule has 2 N–H and O–H groups in total. The molecule has 0 aliphatic heterocycles. The summed E-state index contributed by atoms with van der Waals surface area (Å²) in [7, 11) is 0. The standard InChI is InChI=1S/C12H15NS/c1-3-4-5-9-14-12-8-6-7-11(13)10(12)2/h6-8H,5,9,13H2,1-2H3. The molecule has 0 heterocycles. The topological polar surface area (TPSA) is 26.0 Å². The van der Waals surface area contributed by atoms with Gasteiger partial charge in [0, 0.05) is 22.8 Å². The van der Waals surface area contributed by atoms with Crippen LogP contribution in [0.15, 0.2) is 23.1 Å². The van der Waals surface area contributed by atoms with Crippen molar-refractivity contribution in [2.24, 2.45) is 0 Å². The first-order valence-electron chi connectivity index (χ1n) is 4.63. The van der Waals surface area contributed by atoms with Gasteiger partial charge in [0.25, 0.3) is 0 Å². The molecular weight excluding hydrogens is 190 g/mol. The first-order valence-corrected chi connectivity index (χ1v) is 5.61.